The van der Waals surface area contributed by atoms with E-state index in [0.717, 1.165) is 16.8 Å². The van der Waals surface area contributed by atoms with Crippen LogP contribution in [0.15, 0.2) is 72.8 Å². The summed E-state index contributed by atoms with van der Waals surface area (Å²) in [7, 11) is 1.60. The van der Waals surface area contributed by atoms with Crippen LogP contribution in [-0.2, 0) is 4.79 Å². The molecule has 0 radical (unpaired) electrons. The molecular formula is C24H22N2O3S. The summed E-state index contributed by atoms with van der Waals surface area (Å²) in [5, 5.41) is 2.78. The van der Waals surface area contributed by atoms with Crippen LogP contribution >= 0.6 is 11.8 Å². The monoisotopic (exact) mass is 418 g/mol. The third kappa shape index (κ3) is 4.04. The molecule has 1 fully saturated rings. The van der Waals surface area contributed by atoms with Gasteiger partial charge in [0.15, 0.2) is 0 Å². The summed E-state index contributed by atoms with van der Waals surface area (Å²) in [4.78, 5) is 26.8. The fourth-order valence-electron chi connectivity index (χ4n) is 3.40. The van der Waals surface area contributed by atoms with Gasteiger partial charge in [0.2, 0.25) is 5.91 Å². The lowest BCUT2D eigenvalue weighted by Crippen LogP contribution is -2.28. The van der Waals surface area contributed by atoms with Gasteiger partial charge in [-0.15, -0.1) is 11.8 Å². The quantitative estimate of drug-likeness (QED) is 0.631. The minimum Gasteiger partial charge on any atom is -0.495 e. The molecule has 1 unspecified atom stereocenters. The molecule has 30 heavy (non-hydrogen) atoms. The number of aryl methyl sites for hydroxylation is 1. The highest BCUT2D eigenvalue weighted by Crippen LogP contribution is 2.44. The summed E-state index contributed by atoms with van der Waals surface area (Å²) in [5.74, 6) is 0.977. The van der Waals surface area contributed by atoms with Gasteiger partial charge in [0, 0.05) is 11.3 Å². The van der Waals surface area contributed by atoms with E-state index < -0.39 is 0 Å². The van der Waals surface area contributed by atoms with Crippen molar-refractivity contribution in [3.8, 4) is 5.75 Å². The fraction of sp³-hybridized carbons (Fsp3) is 0.167. The highest BCUT2D eigenvalue weighted by atomic mass is 32.2. The normalized spacial score (nSPS) is 15.9. The topological polar surface area (TPSA) is 58.6 Å². The Morgan fingerprint density at radius 3 is 2.43 bits per heavy atom. The van der Waals surface area contributed by atoms with Crippen molar-refractivity contribution in [1.29, 1.82) is 0 Å². The Balaban J connectivity index is 1.53. The maximum Gasteiger partial charge on any atom is 0.255 e. The van der Waals surface area contributed by atoms with Crippen LogP contribution in [0.25, 0.3) is 0 Å². The minimum atomic E-state index is -0.149. The number of methoxy groups -OCH3 is 1. The lowest BCUT2D eigenvalue weighted by molar-refractivity contribution is -0.115. The number of anilines is 2. The second-order valence-electron chi connectivity index (χ2n) is 7.04. The van der Waals surface area contributed by atoms with Gasteiger partial charge in [-0.05, 0) is 48.9 Å². The number of rotatable bonds is 5. The van der Waals surface area contributed by atoms with E-state index in [0.29, 0.717) is 22.8 Å². The zero-order chi connectivity index (χ0) is 21.1. The van der Waals surface area contributed by atoms with Gasteiger partial charge in [-0.2, -0.15) is 0 Å². The summed E-state index contributed by atoms with van der Waals surface area (Å²) in [5.41, 5.74) is 4.19. The van der Waals surface area contributed by atoms with Gasteiger partial charge >= 0.3 is 0 Å². The van der Waals surface area contributed by atoms with Crippen molar-refractivity contribution >= 4 is 35.0 Å². The first-order valence-electron chi connectivity index (χ1n) is 9.61. The second-order valence-corrected chi connectivity index (χ2v) is 8.11. The van der Waals surface area contributed by atoms with Crippen LogP contribution in [0.4, 0.5) is 11.4 Å². The number of thioether (sulfide) groups is 1. The maximum atomic E-state index is 12.6. The molecule has 0 bridgehead atoms. The molecule has 5 nitrogen and oxygen atoms in total. The summed E-state index contributed by atoms with van der Waals surface area (Å²) >= 11 is 1.58. The van der Waals surface area contributed by atoms with E-state index in [1.54, 1.807) is 23.8 Å². The molecule has 1 saturated heterocycles. The maximum absolute atomic E-state index is 12.6. The highest BCUT2D eigenvalue weighted by molar-refractivity contribution is 8.00. The van der Waals surface area contributed by atoms with Crippen molar-refractivity contribution in [2.24, 2.45) is 0 Å². The molecule has 1 heterocycles. The highest BCUT2D eigenvalue weighted by Gasteiger charge is 2.35. The summed E-state index contributed by atoms with van der Waals surface area (Å²) in [6, 6.07) is 22.6. The fourth-order valence-corrected chi connectivity index (χ4v) is 4.57. The molecule has 1 aliphatic rings. The van der Waals surface area contributed by atoms with Crippen LogP contribution in [-0.4, -0.2) is 24.7 Å². The van der Waals surface area contributed by atoms with Gasteiger partial charge in [-0.25, -0.2) is 0 Å². The number of amides is 2. The number of carbonyl (C=O) groups is 2. The molecular weight excluding hydrogens is 396 g/mol. The third-order valence-corrected chi connectivity index (χ3v) is 6.19. The van der Waals surface area contributed by atoms with Crippen molar-refractivity contribution in [1.82, 2.24) is 0 Å². The van der Waals surface area contributed by atoms with Crippen molar-refractivity contribution in [2.45, 2.75) is 12.3 Å². The molecule has 0 aliphatic carbocycles. The Morgan fingerprint density at radius 2 is 1.73 bits per heavy atom. The average molecular weight is 419 g/mol. The third-order valence-electron chi connectivity index (χ3n) is 4.98. The number of hydrogen-bond acceptors (Lipinski definition) is 4. The molecule has 4 rings (SSSR count). The van der Waals surface area contributed by atoms with E-state index in [9.17, 15) is 9.59 Å². The number of ether oxygens (including phenoxy) is 1. The Bertz CT molecular complexity index is 1060. The second kappa shape index (κ2) is 8.63. The van der Waals surface area contributed by atoms with Gasteiger partial charge in [0.1, 0.15) is 11.1 Å². The number of para-hydroxylation sites is 2. The van der Waals surface area contributed by atoms with Crippen molar-refractivity contribution in [3.63, 3.8) is 0 Å². The van der Waals surface area contributed by atoms with Gasteiger partial charge in [0.25, 0.3) is 5.91 Å². The zero-order valence-corrected chi connectivity index (χ0v) is 17.6. The Hall–Kier alpha value is -3.25. The van der Waals surface area contributed by atoms with E-state index in [1.807, 2.05) is 79.7 Å². The molecule has 1 aliphatic heterocycles. The Morgan fingerprint density at radius 1 is 1.03 bits per heavy atom. The average Bonchev–Trinajstić information content (AvgIpc) is 3.15. The lowest BCUT2D eigenvalue weighted by Gasteiger charge is -2.26. The molecule has 1 atom stereocenters. The molecule has 3 aromatic carbocycles. The standard InChI is InChI=1S/C24H22N2O3S/c1-16-7-9-17(10-8-16)23(28)25-19-13-11-18(12-14-19)24-26(22(27)15-30-24)20-5-3-4-6-21(20)29-2/h3-14,24H,15H2,1-2H3,(H,25,28). The molecule has 0 saturated carbocycles. The van der Waals surface area contributed by atoms with Crippen LogP contribution in [0.3, 0.4) is 0 Å². The lowest BCUT2D eigenvalue weighted by atomic mass is 10.1. The minimum absolute atomic E-state index is 0.0475. The predicted molar refractivity (Wildman–Crippen MR) is 121 cm³/mol. The smallest absolute Gasteiger partial charge is 0.255 e. The summed E-state index contributed by atoms with van der Waals surface area (Å²) in [6.07, 6.45) is 0. The van der Waals surface area contributed by atoms with Crippen LogP contribution < -0.4 is 15.0 Å². The first kappa shape index (κ1) is 20.0. The van der Waals surface area contributed by atoms with Gasteiger partial charge in [-0.3, -0.25) is 14.5 Å². The van der Waals surface area contributed by atoms with Crippen LogP contribution in [0.5, 0.6) is 5.75 Å². The number of nitrogens with one attached hydrogen (secondary N) is 1. The number of nitrogens with zero attached hydrogens (tertiary/aromatic N) is 1. The van der Waals surface area contributed by atoms with Crippen molar-refractivity contribution < 1.29 is 14.3 Å². The van der Waals surface area contributed by atoms with E-state index >= 15 is 0 Å². The first-order valence-corrected chi connectivity index (χ1v) is 10.7. The first-order chi connectivity index (χ1) is 14.6. The van der Waals surface area contributed by atoms with E-state index in [1.165, 1.54) is 0 Å². The van der Waals surface area contributed by atoms with Gasteiger partial charge in [0.05, 0.1) is 18.6 Å². The van der Waals surface area contributed by atoms with Crippen LogP contribution in [0.2, 0.25) is 0 Å². The molecule has 3 aromatic rings. The molecule has 1 N–H and O–H groups in total. The van der Waals surface area contributed by atoms with E-state index in [4.69, 9.17) is 4.74 Å². The molecule has 0 aromatic heterocycles. The Labute approximate surface area is 180 Å². The van der Waals surface area contributed by atoms with Gasteiger partial charge < -0.3 is 10.1 Å². The largest absolute Gasteiger partial charge is 0.495 e. The van der Waals surface area contributed by atoms with E-state index in [-0.39, 0.29) is 17.2 Å². The zero-order valence-electron chi connectivity index (χ0n) is 16.8. The Kier molecular flexibility index (Phi) is 5.77. The van der Waals surface area contributed by atoms with Crippen LogP contribution in [0, 0.1) is 6.92 Å². The summed E-state index contributed by atoms with van der Waals surface area (Å²) in [6.45, 7) is 1.99. The molecule has 0 spiro atoms. The SMILES string of the molecule is COc1ccccc1N1C(=O)CSC1c1ccc(NC(=O)c2ccc(C)cc2)cc1. The van der Waals surface area contributed by atoms with Crippen molar-refractivity contribution in [2.75, 3.05) is 23.1 Å². The van der Waals surface area contributed by atoms with E-state index in [2.05, 4.69) is 5.32 Å². The number of hydrogen-bond donors (Lipinski definition) is 1. The number of carbonyl (C=O) groups excluding carboxylic acids is 2. The van der Waals surface area contributed by atoms with Crippen molar-refractivity contribution in [3.05, 3.63) is 89.5 Å². The number of benzene rings is 3. The van der Waals surface area contributed by atoms with Gasteiger partial charge in [-0.1, -0.05) is 42.0 Å². The predicted octanol–water partition coefficient (Wildman–Crippen LogP) is 5.03. The van der Waals surface area contributed by atoms with Crippen LogP contribution in [0.1, 0.15) is 26.9 Å². The molecule has 152 valence electrons. The summed E-state index contributed by atoms with van der Waals surface area (Å²) < 4.78 is 5.45. The molecule has 6 heteroatoms. The molecule has 2 amide bonds.